The molecule has 3 N–H and O–H groups in total. The Morgan fingerprint density at radius 3 is 2.44 bits per heavy atom. The minimum atomic E-state index is -3.08. The maximum Gasteiger partial charge on any atom is 0.239 e. The second kappa shape index (κ2) is 6.49. The molecule has 7 heteroatoms. The molecule has 0 bridgehead atoms. The van der Waals surface area contributed by atoms with Crippen LogP contribution in [0, 0.1) is 5.92 Å². The predicted molar refractivity (Wildman–Crippen MR) is 68.7 cm³/mol. The zero-order chi connectivity index (χ0) is 13.8. The Morgan fingerprint density at radius 1 is 1.44 bits per heavy atom. The van der Waals surface area contributed by atoms with Crippen molar-refractivity contribution in [2.24, 2.45) is 11.7 Å². The van der Waals surface area contributed by atoms with Crippen molar-refractivity contribution in [1.29, 1.82) is 0 Å². The Morgan fingerprint density at radius 2 is 2.00 bits per heavy atom. The maximum absolute atomic E-state index is 12.0. The Balaban J connectivity index is 2.40. The van der Waals surface area contributed by atoms with Gasteiger partial charge in [-0.15, -0.1) is 0 Å². The van der Waals surface area contributed by atoms with Crippen LogP contribution in [0.3, 0.4) is 0 Å². The van der Waals surface area contributed by atoms with Gasteiger partial charge in [-0.25, -0.2) is 8.42 Å². The number of rotatable bonds is 5. The quantitative estimate of drug-likeness (QED) is 0.670. The van der Waals surface area contributed by atoms with E-state index in [1.807, 2.05) is 0 Å². The molecule has 0 aromatic carbocycles. The molecule has 0 spiro atoms. The van der Waals surface area contributed by atoms with Crippen LogP contribution >= 0.6 is 0 Å². The molecule has 1 unspecified atom stereocenters. The number of sulfone groups is 1. The Bertz CT molecular complexity index is 375. The Labute approximate surface area is 108 Å². The molecule has 1 aliphatic heterocycles. The topological polar surface area (TPSA) is 101 Å². The van der Waals surface area contributed by atoms with Gasteiger partial charge in [-0.05, 0) is 25.2 Å². The Hall–Kier alpha value is -0.660. The smallest absolute Gasteiger partial charge is 0.239 e. The molecule has 1 aliphatic rings. The zero-order valence-corrected chi connectivity index (χ0v) is 11.5. The van der Waals surface area contributed by atoms with E-state index < -0.39 is 15.9 Å². The lowest BCUT2D eigenvalue weighted by Crippen LogP contribution is -2.48. The number of carbonyl (C=O) groups excluding carboxylic acids is 1. The number of aliphatic hydroxyl groups excluding tert-OH is 1. The average Bonchev–Trinajstić information content (AvgIpc) is 2.34. The molecule has 0 aromatic heterocycles. The van der Waals surface area contributed by atoms with E-state index in [0.717, 1.165) is 19.1 Å². The molecule has 0 saturated carbocycles. The monoisotopic (exact) mass is 278 g/mol. The highest BCUT2D eigenvalue weighted by Crippen LogP contribution is 2.17. The SMILES string of the molecule is CS(=O)(=O)CCC(N)C(=O)N1CCC(CO)CC1. The summed E-state index contributed by atoms with van der Waals surface area (Å²) >= 11 is 0. The van der Waals surface area contributed by atoms with Gasteiger partial charge in [0.05, 0.1) is 11.8 Å². The number of hydrogen-bond acceptors (Lipinski definition) is 5. The first-order chi connectivity index (χ1) is 8.33. The number of hydrogen-bond donors (Lipinski definition) is 2. The van der Waals surface area contributed by atoms with E-state index >= 15 is 0 Å². The largest absolute Gasteiger partial charge is 0.396 e. The normalized spacial score (nSPS) is 19.8. The molecular weight excluding hydrogens is 256 g/mol. The molecule has 0 aromatic rings. The summed E-state index contributed by atoms with van der Waals surface area (Å²) in [6.45, 7) is 1.34. The third-order valence-electron chi connectivity index (χ3n) is 3.30. The van der Waals surface area contributed by atoms with Crippen LogP contribution in [0.4, 0.5) is 0 Å². The number of nitrogens with zero attached hydrogens (tertiary/aromatic N) is 1. The highest BCUT2D eigenvalue weighted by Gasteiger charge is 2.26. The lowest BCUT2D eigenvalue weighted by atomic mass is 9.97. The molecule has 1 heterocycles. The Kier molecular flexibility index (Phi) is 5.55. The summed E-state index contributed by atoms with van der Waals surface area (Å²) in [6.07, 6.45) is 2.86. The molecule has 6 nitrogen and oxygen atoms in total. The molecule has 106 valence electrons. The summed E-state index contributed by atoms with van der Waals surface area (Å²) in [7, 11) is -3.08. The van der Waals surface area contributed by atoms with E-state index in [-0.39, 0.29) is 30.6 Å². The first-order valence-corrected chi connectivity index (χ1v) is 8.22. The van der Waals surface area contributed by atoms with Gasteiger partial charge in [-0.1, -0.05) is 0 Å². The van der Waals surface area contributed by atoms with Crippen LogP contribution in [0.25, 0.3) is 0 Å². The minimum Gasteiger partial charge on any atom is -0.396 e. The highest BCUT2D eigenvalue weighted by molar-refractivity contribution is 7.90. The van der Waals surface area contributed by atoms with Gasteiger partial charge in [0.1, 0.15) is 9.84 Å². The lowest BCUT2D eigenvalue weighted by Gasteiger charge is -2.32. The molecule has 1 atom stereocenters. The van der Waals surface area contributed by atoms with Gasteiger partial charge in [-0.3, -0.25) is 4.79 Å². The van der Waals surface area contributed by atoms with Crippen LogP contribution in [-0.2, 0) is 14.6 Å². The van der Waals surface area contributed by atoms with Crippen LogP contribution in [0.15, 0.2) is 0 Å². The fourth-order valence-electron chi connectivity index (χ4n) is 2.03. The second-order valence-corrected chi connectivity index (χ2v) is 7.24. The fourth-order valence-corrected chi connectivity index (χ4v) is 2.72. The third kappa shape index (κ3) is 4.91. The standard InChI is InChI=1S/C11H22N2O4S/c1-18(16,17)7-4-10(12)11(15)13-5-2-9(8-14)3-6-13/h9-10,14H,2-8,12H2,1H3. The van der Waals surface area contributed by atoms with E-state index in [9.17, 15) is 13.2 Å². The van der Waals surface area contributed by atoms with Gasteiger partial charge in [-0.2, -0.15) is 0 Å². The van der Waals surface area contributed by atoms with Crippen molar-refractivity contribution in [2.75, 3.05) is 31.7 Å². The number of aliphatic hydroxyl groups is 1. The van der Waals surface area contributed by atoms with E-state index in [2.05, 4.69) is 0 Å². The number of likely N-dealkylation sites (tertiary alicyclic amines) is 1. The van der Waals surface area contributed by atoms with Crippen LogP contribution in [0.1, 0.15) is 19.3 Å². The summed E-state index contributed by atoms with van der Waals surface area (Å²) in [5.74, 6) is 0.0175. The molecule has 1 amide bonds. The summed E-state index contributed by atoms with van der Waals surface area (Å²) < 4.78 is 22.0. The zero-order valence-electron chi connectivity index (χ0n) is 10.7. The van der Waals surface area contributed by atoms with Crippen LogP contribution in [-0.4, -0.2) is 62.1 Å². The van der Waals surface area contributed by atoms with Gasteiger partial charge in [0, 0.05) is 26.0 Å². The summed E-state index contributed by atoms with van der Waals surface area (Å²) in [5, 5.41) is 9.00. The van der Waals surface area contributed by atoms with Crippen LogP contribution in [0.2, 0.25) is 0 Å². The number of nitrogens with two attached hydrogens (primary N) is 1. The minimum absolute atomic E-state index is 0.0625. The van der Waals surface area contributed by atoms with Crippen molar-refractivity contribution >= 4 is 15.7 Å². The fraction of sp³-hybridized carbons (Fsp3) is 0.909. The average molecular weight is 278 g/mol. The van der Waals surface area contributed by atoms with Crippen molar-refractivity contribution in [1.82, 2.24) is 4.90 Å². The van der Waals surface area contributed by atoms with E-state index in [1.54, 1.807) is 4.90 Å². The summed E-state index contributed by atoms with van der Waals surface area (Å²) in [4.78, 5) is 13.6. The molecule has 1 rings (SSSR count). The lowest BCUT2D eigenvalue weighted by molar-refractivity contribution is -0.134. The van der Waals surface area contributed by atoms with E-state index in [1.165, 1.54) is 0 Å². The van der Waals surface area contributed by atoms with Crippen LogP contribution < -0.4 is 5.73 Å². The number of piperidine rings is 1. The van der Waals surface area contributed by atoms with Crippen molar-refractivity contribution < 1.29 is 18.3 Å². The molecule has 0 aliphatic carbocycles. The molecule has 18 heavy (non-hydrogen) atoms. The van der Waals surface area contributed by atoms with E-state index in [4.69, 9.17) is 10.8 Å². The number of amides is 1. The first kappa shape index (κ1) is 15.4. The second-order valence-electron chi connectivity index (χ2n) is 4.98. The van der Waals surface area contributed by atoms with Crippen molar-refractivity contribution in [3.8, 4) is 0 Å². The van der Waals surface area contributed by atoms with Gasteiger partial charge >= 0.3 is 0 Å². The van der Waals surface area contributed by atoms with Gasteiger partial charge in [0.25, 0.3) is 0 Å². The highest BCUT2D eigenvalue weighted by atomic mass is 32.2. The van der Waals surface area contributed by atoms with Gasteiger partial charge < -0.3 is 15.7 Å². The summed E-state index contributed by atoms with van der Waals surface area (Å²) in [5.41, 5.74) is 5.72. The molecular formula is C11H22N2O4S. The van der Waals surface area contributed by atoms with Gasteiger partial charge in [0.2, 0.25) is 5.91 Å². The molecule has 1 saturated heterocycles. The summed E-state index contributed by atoms with van der Waals surface area (Å²) in [6, 6.07) is -0.745. The number of carbonyl (C=O) groups is 1. The van der Waals surface area contributed by atoms with Crippen LogP contribution in [0.5, 0.6) is 0 Å². The van der Waals surface area contributed by atoms with Crippen molar-refractivity contribution in [3.05, 3.63) is 0 Å². The molecule has 1 fully saturated rings. The predicted octanol–water partition coefficient (Wildman–Crippen LogP) is -1.02. The van der Waals surface area contributed by atoms with Crippen molar-refractivity contribution in [2.45, 2.75) is 25.3 Å². The van der Waals surface area contributed by atoms with Gasteiger partial charge in [0.15, 0.2) is 0 Å². The third-order valence-corrected chi connectivity index (χ3v) is 4.28. The van der Waals surface area contributed by atoms with E-state index in [0.29, 0.717) is 13.1 Å². The maximum atomic E-state index is 12.0. The first-order valence-electron chi connectivity index (χ1n) is 6.16. The van der Waals surface area contributed by atoms with Crippen molar-refractivity contribution in [3.63, 3.8) is 0 Å². The molecule has 0 radical (unpaired) electrons.